The highest BCUT2D eigenvalue weighted by molar-refractivity contribution is 7.80. The second-order valence-electron chi connectivity index (χ2n) is 7.74. The number of rotatable bonds is 13. The Labute approximate surface area is 190 Å². The molecule has 11 heteroatoms. The smallest absolute Gasteiger partial charge is 0.397 e. The number of unbranched alkanes of at least 4 members (excludes halogenated alkanes) is 5. The Morgan fingerprint density at radius 2 is 1.72 bits per heavy atom. The van der Waals surface area contributed by atoms with Crippen molar-refractivity contribution in [3.05, 3.63) is 35.9 Å². The van der Waals surface area contributed by atoms with E-state index >= 15 is 0 Å². The summed E-state index contributed by atoms with van der Waals surface area (Å²) >= 11 is 0. The minimum atomic E-state index is -5.04. The summed E-state index contributed by atoms with van der Waals surface area (Å²) in [5, 5.41) is 19.7. The van der Waals surface area contributed by atoms with Crippen LogP contribution in [-0.4, -0.2) is 66.4 Å². The predicted octanol–water partition coefficient (Wildman–Crippen LogP) is 1.10. The van der Waals surface area contributed by atoms with Crippen LogP contribution in [0.5, 0.6) is 0 Å². The summed E-state index contributed by atoms with van der Waals surface area (Å²) in [5.41, 5.74) is 6.83. The maximum atomic E-state index is 12.3. The van der Waals surface area contributed by atoms with Crippen LogP contribution in [0, 0.1) is 0 Å². The molecule has 0 bridgehead atoms. The summed E-state index contributed by atoms with van der Waals surface area (Å²) in [4.78, 5) is 12.3. The molecule has 0 saturated carbocycles. The summed E-state index contributed by atoms with van der Waals surface area (Å²) in [6, 6.07) is 10.2. The fourth-order valence-electron chi connectivity index (χ4n) is 3.56. The molecule has 5 atom stereocenters. The van der Waals surface area contributed by atoms with E-state index in [-0.39, 0.29) is 6.42 Å². The van der Waals surface area contributed by atoms with Crippen LogP contribution in [-0.2, 0) is 35.3 Å². The zero-order valence-electron chi connectivity index (χ0n) is 18.8. The van der Waals surface area contributed by atoms with Crippen molar-refractivity contribution >= 4 is 16.4 Å². The Hall–Kier alpha value is -1.60. The van der Waals surface area contributed by atoms with Crippen molar-refractivity contribution < 1.29 is 43.0 Å². The first-order chi connectivity index (χ1) is 15.5. The molecule has 1 aromatic carbocycles. The van der Waals surface area contributed by atoms with Gasteiger partial charge < -0.3 is 25.4 Å². The van der Waals surface area contributed by atoms with Crippen molar-refractivity contribution in [2.45, 2.75) is 82.0 Å². The lowest BCUT2D eigenvalue weighted by atomic mass is 9.98. The molecule has 1 aliphatic heterocycles. The number of aryl methyl sites for hydroxylation is 1. The van der Waals surface area contributed by atoms with Gasteiger partial charge in [-0.3, -0.25) is 9.35 Å². The van der Waals surface area contributed by atoms with Crippen LogP contribution in [0.3, 0.4) is 0 Å². The van der Waals surface area contributed by atoms with Crippen LogP contribution in [0.4, 0.5) is 0 Å². The number of benzene rings is 1. The molecule has 0 aromatic heterocycles. The lowest BCUT2D eigenvalue weighted by Crippen LogP contribution is -2.63. The van der Waals surface area contributed by atoms with Crippen molar-refractivity contribution in [3.8, 4) is 0 Å². The Bertz CT molecular complexity index is 837. The highest BCUT2D eigenvalue weighted by Crippen LogP contribution is 2.26. The maximum Gasteiger partial charge on any atom is 0.397 e. The normalized spacial score (nSPS) is 28.8. The number of nitrogens with two attached hydrogens (primary N) is 1. The first kappa shape index (κ1) is 25.0. The maximum absolute atomic E-state index is 12.3. The van der Waals surface area contributed by atoms with Gasteiger partial charge in [0, 0.05) is 6.42 Å². The molecule has 0 aliphatic carbocycles. The highest BCUT2D eigenvalue weighted by atomic mass is 32.3. The molecular formula is C21H33NO9S. The third kappa shape index (κ3) is 9.10. The van der Waals surface area contributed by atoms with Gasteiger partial charge in [-0.15, -0.1) is 0 Å². The Balaban J connectivity index is 1.76. The summed E-state index contributed by atoms with van der Waals surface area (Å²) in [6.07, 6.45) is -3.11. The van der Waals surface area contributed by atoms with Gasteiger partial charge in [-0.1, -0.05) is 56.0 Å². The van der Waals surface area contributed by atoms with Crippen LogP contribution >= 0.6 is 0 Å². The van der Waals surface area contributed by atoms with Crippen molar-refractivity contribution in [2.24, 2.45) is 5.73 Å². The van der Waals surface area contributed by atoms with E-state index in [1.54, 1.807) is 0 Å². The first-order valence-corrected chi connectivity index (χ1v) is 12.0. The summed E-state index contributed by atoms with van der Waals surface area (Å²) in [5.74, 6) is -0.763. The Morgan fingerprint density at radius 3 is 2.34 bits per heavy atom. The van der Waals surface area contributed by atoms with E-state index in [2.05, 4.69) is 16.3 Å². The molecule has 5 N–H and O–H groups in total. The minimum Gasteiger partial charge on any atom is -0.456 e. The van der Waals surface area contributed by atoms with Crippen molar-refractivity contribution in [1.82, 2.24) is 0 Å². The SMILES string of the molecule is [2H]C1(N)O[C@H](CO)[C@@H](OS(=O)(=O)O)[C@H](OC(=O)CCCCCCCCc2ccccc2)[C@H]1O. The molecule has 1 aliphatic rings. The van der Waals surface area contributed by atoms with Crippen LogP contribution in [0.2, 0.25) is 0 Å². The molecule has 2 rings (SSSR count). The lowest BCUT2D eigenvalue weighted by Gasteiger charge is -2.41. The van der Waals surface area contributed by atoms with Crippen LogP contribution < -0.4 is 5.73 Å². The number of aliphatic hydroxyl groups excluding tert-OH is 2. The molecule has 0 spiro atoms. The van der Waals surface area contributed by atoms with E-state index < -0.39 is 53.6 Å². The fourth-order valence-corrected chi connectivity index (χ4v) is 4.07. The van der Waals surface area contributed by atoms with E-state index in [0.29, 0.717) is 6.42 Å². The molecule has 32 heavy (non-hydrogen) atoms. The minimum absolute atomic E-state index is 0.00789. The van der Waals surface area contributed by atoms with Crippen molar-refractivity contribution in [3.63, 3.8) is 0 Å². The second kappa shape index (κ2) is 13.2. The number of carbonyl (C=O) groups is 1. The van der Waals surface area contributed by atoms with E-state index in [4.69, 9.17) is 21.1 Å². The van der Waals surface area contributed by atoms with E-state index in [0.717, 1.165) is 38.5 Å². The number of carbonyl (C=O) groups excluding carboxylic acids is 1. The van der Waals surface area contributed by atoms with E-state index in [1.807, 2.05) is 18.2 Å². The molecule has 1 aromatic rings. The van der Waals surface area contributed by atoms with Gasteiger partial charge in [0.1, 0.15) is 24.5 Å². The summed E-state index contributed by atoms with van der Waals surface area (Å²) in [7, 11) is -5.04. The molecule has 1 saturated heterocycles. The molecular weight excluding hydrogens is 442 g/mol. The third-order valence-electron chi connectivity index (χ3n) is 5.20. The van der Waals surface area contributed by atoms with Gasteiger partial charge in [0.05, 0.1) is 7.98 Å². The van der Waals surface area contributed by atoms with Crippen molar-refractivity contribution in [2.75, 3.05) is 6.61 Å². The first-order valence-electron chi connectivity index (χ1n) is 11.2. The number of hydrogen-bond acceptors (Lipinski definition) is 9. The van der Waals surface area contributed by atoms with Gasteiger partial charge in [0.15, 0.2) is 6.10 Å². The predicted molar refractivity (Wildman–Crippen MR) is 115 cm³/mol. The van der Waals surface area contributed by atoms with Gasteiger partial charge in [-0.25, -0.2) is 4.18 Å². The zero-order valence-corrected chi connectivity index (χ0v) is 18.7. The van der Waals surface area contributed by atoms with E-state index in [1.165, 1.54) is 5.56 Å². The average Bonchev–Trinajstić information content (AvgIpc) is 2.75. The topological polar surface area (TPSA) is 166 Å². The Morgan fingerprint density at radius 1 is 1.09 bits per heavy atom. The lowest BCUT2D eigenvalue weighted by molar-refractivity contribution is -0.232. The van der Waals surface area contributed by atoms with Crippen LogP contribution in [0.25, 0.3) is 0 Å². The number of hydrogen-bond donors (Lipinski definition) is 4. The average molecular weight is 477 g/mol. The standard InChI is InChI=1S/C21H33NO9S/c22-21-18(25)20(19(16(14-23)29-21)31-32(26,27)28)30-17(24)13-9-4-2-1-3-6-10-15-11-7-5-8-12-15/h5,7-8,11-12,16,18-21,23,25H,1-4,6,9-10,13-14,22H2,(H,26,27,28)/t16-,18-,19-,20-,21?/m1/s1/i21D. The summed E-state index contributed by atoms with van der Waals surface area (Å²) < 4.78 is 53.6. The van der Waals surface area contributed by atoms with E-state index in [9.17, 15) is 23.4 Å². The molecule has 0 radical (unpaired) electrons. The molecule has 1 heterocycles. The largest absolute Gasteiger partial charge is 0.456 e. The number of ether oxygens (including phenoxy) is 2. The molecule has 1 unspecified atom stereocenters. The van der Waals surface area contributed by atoms with Gasteiger partial charge in [-0.2, -0.15) is 8.42 Å². The monoisotopic (exact) mass is 476 g/mol. The molecule has 0 amide bonds. The highest BCUT2D eigenvalue weighted by Gasteiger charge is 2.48. The van der Waals surface area contributed by atoms with Crippen LogP contribution in [0.1, 0.15) is 51.9 Å². The fraction of sp³-hybridized carbons (Fsp3) is 0.667. The molecule has 182 valence electrons. The second-order valence-corrected chi connectivity index (χ2v) is 8.78. The Kier molecular flexibility index (Phi) is 10.3. The van der Waals surface area contributed by atoms with Gasteiger partial charge >= 0.3 is 16.4 Å². The molecule has 10 nitrogen and oxygen atoms in total. The van der Waals surface area contributed by atoms with Gasteiger partial charge in [0.2, 0.25) is 0 Å². The molecule has 1 fully saturated rings. The van der Waals surface area contributed by atoms with Gasteiger partial charge in [0.25, 0.3) is 0 Å². The van der Waals surface area contributed by atoms with Crippen LogP contribution in [0.15, 0.2) is 30.3 Å². The van der Waals surface area contributed by atoms with Gasteiger partial charge in [-0.05, 0) is 24.8 Å². The number of esters is 1. The quantitative estimate of drug-likeness (QED) is 0.184. The van der Waals surface area contributed by atoms with Crippen molar-refractivity contribution in [1.29, 1.82) is 0 Å². The third-order valence-corrected chi connectivity index (χ3v) is 5.67. The zero-order chi connectivity index (χ0) is 24.5. The summed E-state index contributed by atoms with van der Waals surface area (Å²) in [6.45, 7) is -0.858. The number of aliphatic hydroxyl groups is 2.